The quantitative estimate of drug-likeness (QED) is 0.0199. The Morgan fingerprint density at radius 2 is 0.683 bits per heavy atom. The molecule has 0 saturated carbocycles. The van der Waals surface area contributed by atoms with Gasteiger partial charge in [0.2, 0.25) is 0 Å². The summed E-state index contributed by atoms with van der Waals surface area (Å²) in [5.41, 5.74) is 0. The van der Waals surface area contributed by atoms with E-state index in [4.69, 9.17) is 14.2 Å². The zero-order chi connectivity index (χ0) is 45.8. The monoisotopic (exact) mass is 875 g/mol. The SMILES string of the molecule is CC\C=C/C=C\C=C/CCCCCCCCCC(=O)OC(COC(=O)CCCCCCC\C=C/C=C\C=C/CC)COC(=O)CCCCCCCCC/C=C\C/C=C\CCCCC. The molecule has 0 amide bonds. The highest BCUT2D eigenvalue weighted by Gasteiger charge is 2.19. The first-order valence-electron chi connectivity index (χ1n) is 25.8. The van der Waals surface area contributed by atoms with Gasteiger partial charge in [-0.05, 0) is 89.9 Å². The summed E-state index contributed by atoms with van der Waals surface area (Å²) in [5.74, 6) is -0.938. The predicted octanol–water partition coefficient (Wildman–Crippen LogP) is 17.0. The Morgan fingerprint density at radius 1 is 0.349 bits per heavy atom. The van der Waals surface area contributed by atoms with Gasteiger partial charge in [0.05, 0.1) is 0 Å². The molecule has 0 aliphatic heterocycles. The second kappa shape index (κ2) is 51.0. The van der Waals surface area contributed by atoms with Gasteiger partial charge in [0.1, 0.15) is 13.2 Å². The van der Waals surface area contributed by atoms with E-state index in [1.165, 1.54) is 70.6 Å². The lowest BCUT2D eigenvalue weighted by atomic mass is 10.1. The molecule has 0 aromatic carbocycles. The van der Waals surface area contributed by atoms with E-state index in [1.807, 2.05) is 0 Å². The van der Waals surface area contributed by atoms with Crippen LogP contribution in [-0.2, 0) is 28.6 Å². The number of hydrogen-bond acceptors (Lipinski definition) is 6. The van der Waals surface area contributed by atoms with Crippen LogP contribution in [0.4, 0.5) is 0 Å². The Labute approximate surface area is 387 Å². The standard InChI is InChI=1S/C57H94O6/c1-4-7-10-13-16-19-22-25-27-28-30-32-35-38-41-44-47-50-56(59)62-53-54(52-61-55(58)49-46-43-40-37-34-31-24-21-18-15-12-9-6-3)63-57(60)51-48-45-42-39-36-33-29-26-23-20-17-14-11-8-5-2/h8-9,11-12,14-21,23-25,27,54H,4-7,10,13,22,26,28-53H2,1-3H3/b11-8-,12-9-,17-14-,18-15-,19-16-,23-20-,24-21-,27-25-. The van der Waals surface area contributed by atoms with Gasteiger partial charge >= 0.3 is 17.9 Å². The van der Waals surface area contributed by atoms with E-state index in [0.29, 0.717) is 19.3 Å². The number of carbonyl (C=O) groups excluding carboxylic acids is 3. The molecule has 6 heteroatoms. The fourth-order valence-corrected chi connectivity index (χ4v) is 6.82. The first-order chi connectivity index (χ1) is 31.0. The maximum atomic E-state index is 12.8. The summed E-state index contributed by atoms with van der Waals surface area (Å²) >= 11 is 0. The van der Waals surface area contributed by atoms with Crippen molar-refractivity contribution in [1.29, 1.82) is 0 Å². The van der Waals surface area contributed by atoms with Crippen LogP contribution >= 0.6 is 0 Å². The van der Waals surface area contributed by atoms with Crippen molar-refractivity contribution in [3.8, 4) is 0 Å². The molecule has 0 rings (SSSR count). The van der Waals surface area contributed by atoms with Crippen molar-refractivity contribution >= 4 is 17.9 Å². The van der Waals surface area contributed by atoms with Gasteiger partial charge in [0.25, 0.3) is 0 Å². The Morgan fingerprint density at radius 3 is 1.08 bits per heavy atom. The summed E-state index contributed by atoms with van der Waals surface area (Å²) in [6, 6.07) is 0. The predicted molar refractivity (Wildman–Crippen MR) is 270 cm³/mol. The third kappa shape index (κ3) is 49.2. The highest BCUT2D eigenvalue weighted by atomic mass is 16.6. The van der Waals surface area contributed by atoms with E-state index < -0.39 is 6.10 Å². The normalized spacial score (nSPS) is 12.9. The molecule has 1 unspecified atom stereocenters. The summed E-state index contributed by atoms with van der Waals surface area (Å²) in [5, 5.41) is 0. The molecule has 0 radical (unpaired) electrons. The van der Waals surface area contributed by atoms with Crippen molar-refractivity contribution in [2.24, 2.45) is 0 Å². The highest BCUT2D eigenvalue weighted by molar-refractivity contribution is 5.71. The number of ether oxygens (including phenoxy) is 3. The molecule has 0 fully saturated rings. The summed E-state index contributed by atoms with van der Waals surface area (Å²) in [4.78, 5) is 38.0. The van der Waals surface area contributed by atoms with Gasteiger partial charge in [0.15, 0.2) is 6.10 Å². The van der Waals surface area contributed by atoms with Crippen molar-refractivity contribution in [3.63, 3.8) is 0 Å². The first kappa shape index (κ1) is 59.3. The second-order valence-corrected chi connectivity index (χ2v) is 16.8. The number of unbranched alkanes of at least 4 members (excludes halogenated alkanes) is 22. The Kier molecular flexibility index (Phi) is 48.0. The van der Waals surface area contributed by atoms with Crippen LogP contribution in [0.2, 0.25) is 0 Å². The van der Waals surface area contributed by atoms with Crippen LogP contribution in [0.25, 0.3) is 0 Å². The van der Waals surface area contributed by atoms with Crippen LogP contribution in [0.5, 0.6) is 0 Å². The van der Waals surface area contributed by atoms with Crippen molar-refractivity contribution in [3.05, 3.63) is 97.2 Å². The van der Waals surface area contributed by atoms with Gasteiger partial charge in [-0.25, -0.2) is 0 Å². The molecule has 0 N–H and O–H groups in total. The Bertz CT molecular complexity index is 1280. The van der Waals surface area contributed by atoms with E-state index in [1.54, 1.807) is 0 Å². The summed E-state index contributed by atoms with van der Waals surface area (Å²) < 4.78 is 16.8. The molecule has 0 aromatic heterocycles. The maximum absolute atomic E-state index is 12.8. The molecular formula is C57H94O6. The molecule has 0 bridgehead atoms. The number of rotatable bonds is 45. The van der Waals surface area contributed by atoms with Crippen molar-refractivity contribution < 1.29 is 28.6 Å². The van der Waals surface area contributed by atoms with E-state index in [-0.39, 0.29) is 31.1 Å². The molecule has 0 aromatic rings. The van der Waals surface area contributed by atoms with Crippen LogP contribution in [-0.4, -0.2) is 37.2 Å². The average Bonchev–Trinajstić information content (AvgIpc) is 3.28. The lowest BCUT2D eigenvalue weighted by molar-refractivity contribution is -0.167. The molecule has 0 aliphatic rings. The number of allylic oxidation sites excluding steroid dienone is 16. The minimum Gasteiger partial charge on any atom is -0.462 e. The lowest BCUT2D eigenvalue weighted by Gasteiger charge is -2.18. The summed E-state index contributed by atoms with van der Waals surface area (Å²) in [6.45, 7) is 6.31. The average molecular weight is 875 g/mol. The molecule has 0 saturated heterocycles. The van der Waals surface area contributed by atoms with Gasteiger partial charge in [-0.2, -0.15) is 0 Å². The summed E-state index contributed by atoms with van der Waals surface area (Å²) in [7, 11) is 0. The molecule has 0 aliphatic carbocycles. The van der Waals surface area contributed by atoms with E-state index in [9.17, 15) is 14.4 Å². The number of hydrogen-bond donors (Lipinski definition) is 0. The molecule has 0 spiro atoms. The lowest BCUT2D eigenvalue weighted by Crippen LogP contribution is -2.30. The van der Waals surface area contributed by atoms with Crippen LogP contribution in [0.3, 0.4) is 0 Å². The highest BCUT2D eigenvalue weighted by Crippen LogP contribution is 2.14. The third-order valence-electron chi connectivity index (χ3n) is 10.7. The number of carbonyl (C=O) groups is 3. The zero-order valence-corrected chi connectivity index (χ0v) is 40.8. The fourth-order valence-electron chi connectivity index (χ4n) is 6.82. The van der Waals surface area contributed by atoms with Gasteiger partial charge < -0.3 is 14.2 Å². The van der Waals surface area contributed by atoms with Gasteiger partial charge in [-0.15, -0.1) is 0 Å². The minimum atomic E-state index is -0.796. The topological polar surface area (TPSA) is 78.9 Å². The fraction of sp³-hybridized carbons (Fsp3) is 0.667. The van der Waals surface area contributed by atoms with E-state index in [2.05, 4.69) is 118 Å². The first-order valence-corrected chi connectivity index (χ1v) is 25.8. The van der Waals surface area contributed by atoms with Gasteiger partial charge in [0, 0.05) is 19.3 Å². The smallest absolute Gasteiger partial charge is 0.306 e. The van der Waals surface area contributed by atoms with Crippen LogP contribution in [0.1, 0.15) is 226 Å². The van der Waals surface area contributed by atoms with Crippen molar-refractivity contribution in [2.75, 3.05) is 13.2 Å². The Balaban J connectivity index is 4.44. The molecule has 1 atom stereocenters. The molecular weight excluding hydrogens is 781 g/mol. The van der Waals surface area contributed by atoms with Crippen LogP contribution in [0, 0.1) is 0 Å². The van der Waals surface area contributed by atoms with Crippen LogP contribution in [0.15, 0.2) is 97.2 Å². The minimum absolute atomic E-state index is 0.0946. The maximum Gasteiger partial charge on any atom is 0.306 e. The van der Waals surface area contributed by atoms with Crippen molar-refractivity contribution in [2.45, 2.75) is 232 Å². The van der Waals surface area contributed by atoms with Crippen molar-refractivity contribution in [1.82, 2.24) is 0 Å². The molecule has 6 nitrogen and oxygen atoms in total. The second-order valence-electron chi connectivity index (χ2n) is 16.8. The largest absolute Gasteiger partial charge is 0.462 e. The third-order valence-corrected chi connectivity index (χ3v) is 10.7. The molecule has 63 heavy (non-hydrogen) atoms. The molecule has 358 valence electrons. The summed E-state index contributed by atoms with van der Waals surface area (Å²) in [6.07, 6.45) is 66.7. The Hall–Kier alpha value is -3.67. The number of esters is 3. The van der Waals surface area contributed by atoms with Gasteiger partial charge in [-0.1, -0.05) is 214 Å². The molecule has 0 heterocycles. The van der Waals surface area contributed by atoms with Crippen LogP contribution < -0.4 is 0 Å². The van der Waals surface area contributed by atoms with E-state index in [0.717, 1.165) is 116 Å². The zero-order valence-electron chi connectivity index (χ0n) is 40.8. The van der Waals surface area contributed by atoms with E-state index >= 15 is 0 Å². The van der Waals surface area contributed by atoms with Gasteiger partial charge in [-0.3, -0.25) is 14.4 Å².